The zero-order valence-corrected chi connectivity index (χ0v) is 8.72. The van der Waals surface area contributed by atoms with Gasteiger partial charge < -0.3 is 5.32 Å². The summed E-state index contributed by atoms with van der Waals surface area (Å²) in [7, 11) is 0. The molecule has 0 amide bonds. The van der Waals surface area contributed by atoms with Crippen LogP contribution in [0, 0.1) is 6.92 Å². The summed E-state index contributed by atoms with van der Waals surface area (Å²) in [5.74, 6) is 0. The van der Waals surface area contributed by atoms with Crippen molar-refractivity contribution in [2.75, 3.05) is 5.32 Å². The molecular formula is C13H17N. The van der Waals surface area contributed by atoms with Crippen LogP contribution in [0.3, 0.4) is 0 Å². The van der Waals surface area contributed by atoms with Crippen LogP contribution in [0.4, 0.5) is 5.69 Å². The highest BCUT2D eigenvalue weighted by Gasteiger charge is 2.04. The molecule has 0 radical (unpaired) electrons. The van der Waals surface area contributed by atoms with E-state index in [-0.39, 0.29) is 0 Å². The zero-order valence-electron chi connectivity index (χ0n) is 8.72. The summed E-state index contributed by atoms with van der Waals surface area (Å²) < 4.78 is 0. The minimum Gasteiger partial charge on any atom is -0.359 e. The Balaban J connectivity index is 2.10. The molecular weight excluding hydrogens is 170 g/mol. The molecule has 14 heavy (non-hydrogen) atoms. The lowest BCUT2D eigenvalue weighted by Gasteiger charge is -2.16. The van der Waals surface area contributed by atoms with Crippen LogP contribution in [0.15, 0.2) is 36.0 Å². The standard InChI is InChI=1S/C13H17N/c1-11-7-5-6-10-13(11)14-12-8-3-2-4-9-12/h5-8,10,14H,2-4,9H2,1H3. The number of nitrogens with one attached hydrogen (secondary N) is 1. The predicted octanol–water partition coefficient (Wildman–Crippen LogP) is 3.86. The highest BCUT2D eigenvalue weighted by Crippen LogP contribution is 2.21. The lowest BCUT2D eigenvalue weighted by atomic mass is 10.0. The first-order chi connectivity index (χ1) is 6.86. The summed E-state index contributed by atoms with van der Waals surface area (Å²) in [4.78, 5) is 0. The SMILES string of the molecule is Cc1ccccc1NC1=CCCCC1. The van der Waals surface area contributed by atoms with Crippen LogP contribution in [0.5, 0.6) is 0 Å². The van der Waals surface area contributed by atoms with Gasteiger partial charge in [-0.05, 0) is 44.2 Å². The van der Waals surface area contributed by atoms with E-state index in [0.29, 0.717) is 0 Å². The van der Waals surface area contributed by atoms with Crippen LogP contribution in [0.2, 0.25) is 0 Å². The fourth-order valence-corrected chi connectivity index (χ4v) is 1.84. The second kappa shape index (κ2) is 4.32. The van der Waals surface area contributed by atoms with E-state index in [0.717, 1.165) is 0 Å². The maximum atomic E-state index is 3.51. The van der Waals surface area contributed by atoms with Crippen LogP contribution in [-0.2, 0) is 0 Å². The number of para-hydroxylation sites is 1. The summed E-state index contributed by atoms with van der Waals surface area (Å²) in [5.41, 5.74) is 3.96. The first-order valence-corrected chi connectivity index (χ1v) is 5.38. The van der Waals surface area contributed by atoms with E-state index >= 15 is 0 Å². The van der Waals surface area contributed by atoms with Crippen molar-refractivity contribution in [1.29, 1.82) is 0 Å². The van der Waals surface area contributed by atoms with Gasteiger partial charge in [-0.3, -0.25) is 0 Å². The normalized spacial score (nSPS) is 16.2. The number of benzene rings is 1. The summed E-state index contributed by atoms with van der Waals surface area (Å²) in [6.45, 7) is 2.14. The van der Waals surface area contributed by atoms with Crippen molar-refractivity contribution in [3.8, 4) is 0 Å². The molecule has 1 aromatic carbocycles. The second-order valence-electron chi connectivity index (χ2n) is 3.92. The maximum Gasteiger partial charge on any atom is 0.0411 e. The average Bonchev–Trinajstić information content (AvgIpc) is 2.23. The van der Waals surface area contributed by atoms with Crippen molar-refractivity contribution < 1.29 is 0 Å². The third-order valence-corrected chi connectivity index (χ3v) is 2.73. The summed E-state index contributed by atoms with van der Waals surface area (Å²) in [6, 6.07) is 8.45. The molecule has 2 rings (SSSR count). The minimum absolute atomic E-state index is 1.20. The highest BCUT2D eigenvalue weighted by molar-refractivity contribution is 5.54. The van der Waals surface area contributed by atoms with E-state index in [9.17, 15) is 0 Å². The van der Waals surface area contributed by atoms with Gasteiger partial charge >= 0.3 is 0 Å². The molecule has 0 heterocycles. The molecule has 74 valence electrons. The van der Waals surface area contributed by atoms with Crippen LogP contribution in [0.25, 0.3) is 0 Å². The molecule has 1 nitrogen and oxygen atoms in total. The molecule has 0 aromatic heterocycles. The van der Waals surface area contributed by atoms with Crippen molar-refractivity contribution in [2.24, 2.45) is 0 Å². The molecule has 1 aliphatic carbocycles. The van der Waals surface area contributed by atoms with Crippen molar-refractivity contribution in [2.45, 2.75) is 32.6 Å². The monoisotopic (exact) mass is 187 g/mol. The van der Waals surface area contributed by atoms with E-state index in [1.54, 1.807) is 0 Å². The summed E-state index contributed by atoms with van der Waals surface area (Å²) in [5, 5.41) is 3.51. The molecule has 0 aliphatic heterocycles. The third kappa shape index (κ3) is 2.16. The Morgan fingerprint density at radius 2 is 2.00 bits per heavy atom. The Morgan fingerprint density at radius 3 is 2.71 bits per heavy atom. The molecule has 0 unspecified atom stereocenters. The Morgan fingerprint density at radius 1 is 1.14 bits per heavy atom. The van der Waals surface area contributed by atoms with E-state index in [4.69, 9.17) is 0 Å². The Hall–Kier alpha value is -1.24. The van der Waals surface area contributed by atoms with Gasteiger partial charge in [-0.15, -0.1) is 0 Å². The fourth-order valence-electron chi connectivity index (χ4n) is 1.84. The number of anilines is 1. The van der Waals surface area contributed by atoms with Crippen LogP contribution in [-0.4, -0.2) is 0 Å². The van der Waals surface area contributed by atoms with E-state index in [1.165, 1.54) is 42.6 Å². The van der Waals surface area contributed by atoms with Crippen molar-refractivity contribution >= 4 is 5.69 Å². The van der Waals surface area contributed by atoms with Crippen LogP contribution < -0.4 is 5.32 Å². The molecule has 1 aliphatic rings. The second-order valence-corrected chi connectivity index (χ2v) is 3.92. The molecule has 1 heteroatoms. The number of aryl methyl sites for hydroxylation is 1. The van der Waals surface area contributed by atoms with Gasteiger partial charge in [0.25, 0.3) is 0 Å². The quantitative estimate of drug-likeness (QED) is 0.741. The fraction of sp³-hybridized carbons (Fsp3) is 0.385. The van der Waals surface area contributed by atoms with E-state index < -0.39 is 0 Å². The molecule has 0 saturated heterocycles. The third-order valence-electron chi connectivity index (χ3n) is 2.73. The van der Waals surface area contributed by atoms with Gasteiger partial charge in [-0.25, -0.2) is 0 Å². The Bertz CT molecular complexity index is 339. The van der Waals surface area contributed by atoms with Gasteiger partial charge in [-0.1, -0.05) is 24.3 Å². The largest absolute Gasteiger partial charge is 0.359 e. The molecule has 1 N–H and O–H groups in total. The minimum atomic E-state index is 1.20. The first kappa shape index (κ1) is 9.32. The number of allylic oxidation sites excluding steroid dienone is 2. The molecule has 0 bridgehead atoms. The number of hydrogen-bond acceptors (Lipinski definition) is 1. The van der Waals surface area contributed by atoms with Crippen molar-refractivity contribution in [3.63, 3.8) is 0 Å². The molecule has 0 saturated carbocycles. The highest BCUT2D eigenvalue weighted by atomic mass is 14.9. The van der Waals surface area contributed by atoms with E-state index in [2.05, 4.69) is 42.6 Å². The Kier molecular flexibility index (Phi) is 2.87. The first-order valence-electron chi connectivity index (χ1n) is 5.38. The zero-order chi connectivity index (χ0) is 9.80. The van der Waals surface area contributed by atoms with Crippen molar-refractivity contribution in [3.05, 3.63) is 41.6 Å². The van der Waals surface area contributed by atoms with Crippen LogP contribution >= 0.6 is 0 Å². The molecule has 0 atom stereocenters. The van der Waals surface area contributed by atoms with Gasteiger partial charge in [0.1, 0.15) is 0 Å². The topological polar surface area (TPSA) is 12.0 Å². The number of rotatable bonds is 2. The van der Waals surface area contributed by atoms with Gasteiger partial charge in [0.05, 0.1) is 0 Å². The smallest absolute Gasteiger partial charge is 0.0411 e. The van der Waals surface area contributed by atoms with Crippen molar-refractivity contribution in [1.82, 2.24) is 0 Å². The number of hydrogen-bond donors (Lipinski definition) is 1. The predicted molar refractivity (Wildman–Crippen MR) is 61.4 cm³/mol. The van der Waals surface area contributed by atoms with Crippen LogP contribution in [0.1, 0.15) is 31.2 Å². The van der Waals surface area contributed by atoms with E-state index in [1.807, 2.05) is 0 Å². The molecule has 0 fully saturated rings. The van der Waals surface area contributed by atoms with Gasteiger partial charge in [0.15, 0.2) is 0 Å². The lowest BCUT2D eigenvalue weighted by Crippen LogP contribution is -2.03. The van der Waals surface area contributed by atoms with Gasteiger partial charge in [0.2, 0.25) is 0 Å². The summed E-state index contributed by atoms with van der Waals surface area (Å²) in [6.07, 6.45) is 7.43. The average molecular weight is 187 g/mol. The van der Waals surface area contributed by atoms with Gasteiger partial charge in [-0.2, -0.15) is 0 Å². The summed E-state index contributed by atoms with van der Waals surface area (Å²) >= 11 is 0. The molecule has 0 spiro atoms. The maximum absolute atomic E-state index is 3.51. The lowest BCUT2D eigenvalue weighted by molar-refractivity contribution is 0.704. The Labute approximate surface area is 85.8 Å². The molecule has 1 aromatic rings. The van der Waals surface area contributed by atoms with Gasteiger partial charge in [0, 0.05) is 11.4 Å².